The third-order valence-corrected chi connectivity index (χ3v) is 6.67. The lowest BCUT2D eigenvalue weighted by Crippen LogP contribution is -2.22. The first-order valence-electron chi connectivity index (χ1n) is 10.9. The number of nitrogens with one attached hydrogen (secondary N) is 2. The van der Waals surface area contributed by atoms with Gasteiger partial charge >= 0.3 is 0 Å². The second-order valence-electron chi connectivity index (χ2n) is 7.52. The van der Waals surface area contributed by atoms with Crippen LogP contribution in [0.15, 0.2) is 65.7 Å². The molecule has 0 radical (unpaired) electrons. The third-order valence-electron chi connectivity index (χ3n) is 5.29. The van der Waals surface area contributed by atoms with Crippen LogP contribution in [0.4, 0.5) is 17.2 Å². The van der Waals surface area contributed by atoms with E-state index in [1.54, 1.807) is 36.5 Å². The van der Waals surface area contributed by atoms with Crippen LogP contribution in [0.25, 0.3) is 0 Å². The van der Waals surface area contributed by atoms with E-state index >= 15 is 0 Å². The van der Waals surface area contributed by atoms with Crippen LogP contribution < -0.4 is 24.4 Å². The number of carbonyl (C=O) groups excluding carboxylic acids is 1. The smallest absolute Gasteiger partial charge is 0.262 e. The van der Waals surface area contributed by atoms with Gasteiger partial charge in [0.05, 0.1) is 16.8 Å². The summed E-state index contributed by atoms with van der Waals surface area (Å²) in [6.45, 7) is 6.55. The number of fused-ring (bicyclic) bond motifs is 1. The molecule has 2 aromatic carbocycles. The van der Waals surface area contributed by atoms with E-state index in [4.69, 9.17) is 9.47 Å². The van der Waals surface area contributed by atoms with E-state index in [1.807, 2.05) is 6.07 Å². The van der Waals surface area contributed by atoms with E-state index in [9.17, 15) is 13.2 Å². The largest absolute Gasteiger partial charge is 0.486 e. The van der Waals surface area contributed by atoms with Gasteiger partial charge in [0.15, 0.2) is 11.5 Å². The predicted octanol–water partition coefficient (Wildman–Crippen LogP) is 3.75. The fraction of sp³-hybridized carbons (Fsp3) is 0.250. The van der Waals surface area contributed by atoms with E-state index in [2.05, 4.69) is 33.8 Å². The van der Waals surface area contributed by atoms with E-state index in [1.165, 1.54) is 18.2 Å². The normalized spacial score (nSPS) is 12.6. The van der Waals surface area contributed by atoms with Gasteiger partial charge in [-0.25, -0.2) is 13.4 Å². The lowest BCUT2D eigenvalue weighted by molar-refractivity contribution is 0.102. The van der Waals surface area contributed by atoms with Crippen molar-refractivity contribution >= 4 is 33.1 Å². The molecule has 0 spiro atoms. The summed E-state index contributed by atoms with van der Waals surface area (Å²) in [5, 5.41) is 2.79. The highest BCUT2D eigenvalue weighted by Crippen LogP contribution is 2.32. The maximum absolute atomic E-state index is 12.9. The first-order chi connectivity index (χ1) is 16.4. The zero-order valence-electron chi connectivity index (χ0n) is 18.9. The Morgan fingerprint density at radius 2 is 1.74 bits per heavy atom. The minimum atomic E-state index is -3.90. The summed E-state index contributed by atoms with van der Waals surface area (Å²) in [5.41, 5.74) is 1.11. The molecule has 0 unspecified atom stereocenters. The summed E-state index contributed by atoms with van der Waals surface area (Å²) >= 11 is 0. The zero-order chi connectivity index (χ0) is 24.1. The van der Waals surface area contributed by atoms with Gasteiger partial charge in [-0.3, -0.25) is 9.52 Å². The first-order valence-corrected chi connectivity index (χ1v) is 12.4. The number of sulfonamides is 1. The molecule has 9 nitrogen and oxygen atoms in total. The van der Waals surface area contributed by atoms with Crippen molar-refractivity contribution < 1.29 is 22.7 Å². The van der Waals surface area contributed by atoms with Gasteiger partial charge in [0.2, 0.25) is 0 Å². The molecular formula is C24H26N4O5S. The van der Waals surface area contributed by atoms with Gasteiger partial charge in [-0.05, 0) is 56.3 Å². The SMILES string of the molecule is CCN(CC)c1ccc(NC(=O)c2cccc(NS(=O)(=O)c3ccc4c(c3)OCCO4)c2)cn1. The number of nitrogens with zero attached hydrogens (tertiary/aromatic N) is 2. The molecule has 4 rings (SSSR count). The molecule has 0 bridgehead atoms. The lowest BCUT2D eigenvalue weighted by atomic mass is 10.2. The molecule has 2 N–H and O–H groups in total. The number of pyridine rings is 1. The summed E-state index contributed by atoms with van der Waals surface area (Å²) in [6, 6.07) is 14.3. The number of aromatic nitrogens is 1. The maximum Gasteiger partial charge on any atom is 0.262 e. The van der Waals surface area contributed by atoms with Crippen molar-refractivity contribution in [2.24, 2.45) is 0 Å². The van der Waals surface area contributed by atoms with Gasteiger partial charge in [-0.15, -0.1) is 0 Å². The number of carbonyl (C=O) groups is 1. The van der Waals surface area contributed by atoms with Crippen molar-refractivity contribution in [1.82, 2.24) is 4.98 Å². The fourth-order valence-electron chi connectivity index (χ4n) is 3.53. The lowest BCUT2D eigenvalue weighted by Gasteiger charge is -2.19. The molecule has 1 aromatic heterocycles. The minimum absolute atomic E-state index is 0.0333. The van der Waals surface area contributed by atoms with Crippen LogP contribution in [0.2, 0.25) is 0 Å². The van der Waals surface area contributed by atoms with Crippen LogP contribution in [-0.4, -0.2) is 45.6 Å². The third kappa shape index (κ3) is 5.23. The molecule has 1 aliphatic rings. The summed E-state index contributed by atoms with van der Waals surface area (Å²) < 4.78 is 39.2. The van der Waals surface area contributed by atoms with Crippen molar-refractivity contribution in [3.8, 4) is 11.5 Å². The van der Waals surface area contributed by atoms with Crippen LogP contribution in [0, 0.1) is 0 Å². The number of hydrogen-bond acceptors (Lipinski definition) is 7. The van der Waals surface area contributed by atoms with Gasteiger partial charge in [0.25, 0.3) is 15.9 Å². The van der Waals surface area contributed by atoms with Crippen molar-refractivity contribution in [2.45, 2.75) is 18.7 Å². The monoisotopic (exact) mass is 482 g/mol. The zero-order valence-corrected chi connectivity index (χ0v) is 19.8. The van der Waals surface area contributed by atoms with Crippen molar-refractivity contribution in [2.75, 3.05) is 41.2 Å². The molecule has 2 heterocycles. The van der Waals surface area contributed by atoms with Gasteiger partial charge in [0.1, 0.15) is 19.0 Å². The fourth-order valence-corrected chi connectivity index (χ4v) is 4.59. The molecule has 0 aliphatic carbocycles. The highest BCUT2D eigenvalue weighted by molar-refractivity contribution is 7.92. The average Bonchev–Trinajstić information content (AvgIpc) is 2.85. The van der Waals surface area contributed by atoms with Gasteiger partial charge in [0, 0.05) is 30.4 Å². The molecule has 0 saturated carbocycles. The quantitative estimate of drug-likeness (QED) is 0.503. The highest BCUT2D eigenvalue weighted by atomic mass is 32.2. The Morgan fingerprint density at radius 1 is 0.971 bits per heavy atom. The Kier molecular flexibility index (Phi) is 6.87. The molecule has 10 heteroatoms. The number of benzene rings is 2. The topological polar surface area (TPSA) is 110 Å². The molecule has 1 amide bonds. The Labute approximate surface area is 198 Å². The Morgan fingerprint density at radius 3 is 2.44 bits per heavy atom. The molecule has 178 valence electrons. The highest BCUT2D eigenvalue weighted by Gasteiger charge is 2.20. The number of anilines is 3. The van der Waals surface area contributed by atoms with Crippen molar-refractivity contribution in [3.05, 3.63) is 66.4 Å². The summed E-state index contributed by atoms with van der Waals surface area (Å²) in [4.78, 5) is 19.3. The van der Waals surface area contributed by atoms with Gasteiger partial charge in [-0.1, -0.05) is 6.07 Å². The van der Waals surface area contributed by atoms with E-state index in [0.29, 0.717) is 36.0 Å². The summed E-state index contributed by atoms with van der Waals surface area (Å²) in [6.07, 6.45) is 1.60. The van der Waals surface area contributed by atoms with Crippen LogP contribution in [-0.2, 0) is 10.0 Å². The molecule has 3 aromatic rings. The second kappa shape index (κ2) is 10.0. The molecule has 1 aliphatic heterocycles. The van der Waals surface area contributed by atoms with Gasteiger partial charge in [-0.2, -0.15) is 0 Å². The number of rotatable bonds is 8. The van der Waals surface area contributed by atoms with Crippen LogP contribution in [0.5, 0.6) is 11.5 Å². The van der Waals surface area contributed by atoms with Crippen LogP contribution in [0.3, 0.4) is 0 Å². The molecule has 34 heavy (non-hydrogen) atoms. The molecule has 0 fully saturated rings. The van der Waals surface area contributed by atoms with E-state index < -0.39 is 10.0 Å². The molecular weight excluding hydrogens is 456 g/mol. The molecule has 0 atom stereocenters. The summed E-state index contributed by atoms with van der Waals surface area (Å²) in [5.74, 6) is 1.34. The van der Waals surface area contributed by atoms with E-state index in [-0.39, 0.29) is 16.5 Å². The number of ether oxygens (including phenoxy) is 2. The number of amides is 1. The summed E-state index contributed by atoms with van der Waals surface area (Å²) in [7, 11) is -3.90. The Bertz CT molecular complexity index is 1270. The predicted molar refractivity (Wildman–Crippen MR) is 130 cm³/mol. The standard InChI is InChI=1S/C24H26N4O5S/c1-3-28(4-2)23-11-8-19(16-25-23)26-24(29)17-6-5-7-18(14-17)27-34(30,31)20-9-10-21-22(15-20)33-13-12-32-21/h5-11,14-16,27H,3-4,12-13H2,1-2H3,(H,26,29). The molecule has 0 saturated heterocycles. The van der Waals surface area contributed by atoms with E-state index in [0.717, 1.165) is 18.9 Å². The second-order valence-corrected chi connectivity index (χ2v) is 9.21. The average molecular weight is 483 g/mol. The van der Waals surface area contributed by atoms with Crippen LogP contribution >= 0.6 is 0 Å². The van der Waals surface area contributed by atoms with Gasteiger partial charge < -0.3 is 19.7 Å². The minimum Gasteiger partial charge on any atom is -0.486 e. The van der Waals surface area contributed by atoms with Crippen molar-refractivity contribution in [1.29, 1.82) is 0 Å². The van der Waals surface area contributed by atoms with Crippen LogP contribution in [0.1, 0.15) is 24.2 Å². The number of hydrogen-bond donors (Lipinski definition) is 2. The maximum atomic E-state index is 12.9. The Hall–Kier alpha value is -3.79. The Balaban J connectivity index is 1.46. The first kappa shape index (κ1) is 23.4. The van der Waals surface area contributed by atoms with Crippen molar-refractivity contribution in [3.63, 3.8) is 0 Å².